The smallest absolute Gasteiger partial charge is 0.344 e. The second-order valence-corrected chi connectivity index (χ2v) is 5.04. The van der Waals surface area contributed by atoms with Crippen molar-refractivity contribution in [3.05, 3.63) is 64.7 Å². The summed E-state index contributed by atoms with van der Waals surface area (Å²) in [5.41, 5.74) is 0.185. The second kappa shape index (κ2) is 7.48. The third-order valence-corrected chi connectivity index (χ3v) is 3.16. The Labute approximate surface area is 139 Å². The summed E-state index contributed by atoms with van der Waals surface area (Å²) in [6, 6.07) is 12.5. The molecule has 2 rings (SSSR count). The van der Waals surface area contributed by atoms with Crippen molar-refractivity contribution in [2.24, 2.45) is 0 Å². The van der Waals surface area contributed by atoms with Gasteiger partial charge in [0, 0.05) is 5.02 Å². The lowest BCUT2D eigenvalue weighted by Crippen LogP contribution is -2.18. The fraction of sp³-hybridized carbons (Fsp3) is 0.111. The number of halogens is 1. The van der Waals surface area contributed by atoms with Crippen LogP contribution in [0.15, 0.2) is 48.5 Å². The summed E-state index contributed by atoms with van der Waals surface area (Å²) in [4.78, 5) is 24.4. The van der Waals surface area contributed by atoms with Crippen LogP contribution in [0.1, 0.15) is 27.6 Å². The first-order valence-electron chi connectivity index (χ1n) is 6.75. The van der Waals surface area contributed by atoms with E-state index in [0.717, 1.165) is 0 Å². The lowest BCUT2D eigenvalue weighted by molar-refractivity contribution is 0.0432. The number of terminal acetylenes is 1. The molecule has 0 amide bonds. The van der Waals surface area contributed by atoms with Crippen LogP contribution in [0, 0.1) is 12.3 Å². The molecule has 0 saturated carbocycles. The summed E-state index contributed by atoms with van der Waals surface area (Å²) in [7, 11) is 0. The molecule has 0 heterocycles. The van der Waals surface area contributed by atoms with Crippen LogP contribution >= 0.6 is 11.6 Å². The van der Waals surface area contributed by atoms with Gasteiger partial charge >= 0.3 is 11.9 Å². The van der Waals surface area contributed by atoms with Gasteiger partial charge in [-0.1, -0.05) is 29.7 Å². The summed E-state index contributed by atoms with van der Waals surface area (Å²) in [6.45, 7) is 1.56. The Bertz CT molecular complexity index is 759. The molecule has 116 valence electrons. The third-order valence-electron chi connectivity index (χ3n) is 2.91. The molecule has 0 N–H and O–H groups in total. The minimum atomic E-state index is -0.692. The van der Waals surface area contributed by atoms with Gasteiger partial charge in [-0.15, -0.1) is 6.42 Å². The highest BCUT2D eigenvalue weighted by Gasteiger charge is 2.20. The molecule has 0 spiro atoms. The number of benzene rings is 2. The van der Waals surface area contributed by atoms with E-state index in [1.54, 1.807) is 43.3 Å². The quantitative estimate of drug-likeness (QED) is 0.487. The summed E-state index contributed by atoms with van der Waals surface area (Å²) in [5.74, 6) is 1.25. The third kappa shape index (κ3) is 4.35. The van der Waals surface area contributed by atoms with Crippen LogP contribution < -0.4 is 4.74 Å². The summed E-state index contributed by atoms with van der Waals surface area (Å²) in [5, 5.41) is 0.525. The molecular weight excluding hydrogens is 316 g/mol. The molecule has 0 radical (unpaired) electrons. The monoisotopic (exact) mass is 328 g/mol. The predicted molar refractivity (Wildman–Crippen MR) is 86.6 cm³/mol. The van der Waals surface area contributed by atoms with E-state index in [-0.39, 0.29) is 11.1 Å². The summed E-state index contributed by atoms with van der Waals surface area (Å²) >= 11 is 5.78. The van der Waals surface area contributed by atoms with Crippen molar-refractivity contribution in [2.45, 2.75) is 13.0 Å². The predicted octanol–water partition coefficient (Wildman–Crippen LogP) is 3.74. The number of hydrogen-bond donors (Lipinski definition) is 0. The number of rotatable bonds is 4. The van der Waals surface area contributed by atoms with Crippen molar-refractivity contribution >= 4 is 23.5 Å². The van der Waals surface area contributed by atoms with E-state index in [4.69, 9.17) is 27.5 Å². The minimum Gasteiger partial charge on any atom is -0.446 e. The van der Waals surface area contributed by atoms with Crippen LogP contribution in [0.5, 0.6) is 5.75 Å². The summed E-state index contributed by atoms with van der Waals surface area (Å²) in [6.07, 6.45) is 4.49. The molecular formula is C18H13ClO4. The van der Waals surface area contributed by atoms with Crippen molar-refractivity contribution in [2.75, 3.05) is 0 Å². The van der Waals surface area contributed by atoms with Crippen LogP contribution in [0.25, 0.3) is 0 Å². The Balaban J connectivity index is 2.22. The van der Waals surface area contributed by atoms with Crippen LogP contribution in [0.2, 0.25) is 5.02 Å². The van der Waals surface area contributed by atoms with Gasteiger partial charge in [0.15, 0.2) is 6.10 Å². The highest BCUT2D eigenvalue weighted by Crippen LogP contribution is 2.19. The van der Waals surface area contributed by atoms with E-state index in [2.05, 4.69) is 5.92 Å². The zero-order valence-corrected chi connectivity index (χ0v) is 13.0. The normalized spacial score (nSPS) is 11.2. The molecule has 0 fully saturated rings. The Morgan fingerprint density at radius 3 is 2.17 bits per heavy atom. The number of ether oxygens (including phenoxy) is 2. The first-order chi connectivity index (χ1) is 11.0. The minimum absolute atomic E-state index is 0.0913. The number of carbonyl (C=O) groups is 2. The SMILES string of the molecule is C#CC(C)OC(=O)c1ccccc1C(=O)Oc1ccc(Cl)cc1. The van der Waals surface area contributed by atoms with Gasteiger partial charge in [-0.3, -0.25) is 0 Å². The van der Waals surface area contributed by atoms with E-state index in [1.165, 1.54) is 12.1 Å². The molecule has 1 unspecified atom stereocenters. The molecule has 5 heteroatoms. The standard InChI is InChI=1S/C18H13ClO4/c1-3-12(2)22-17(20)15-6-4-5-7-16(15)18(21)23-14-10-8-13(19)9-11-14/h1,4-12H,2H3. The molecule has 4 nitrogen and oxygen atoms in total. The van der Waals surface area contributed by atoms with E-state index in [1.807, 2.05) is 0 Å². The van der Waals surface area contributed by atoms with Gasteiger partial charge in [0.05, 0.1) is 11.1 Å². The van der Waals surface area contributed by atoms with E-state index < -0.39 is 18.0 Å². The van der Waals surface area contributed by atoms with Gasteiger partial charge < -0.3 is 9.47 Å². The van der Waals surface area contributed by atoms with Crippen molar-refractivity contribution in [1.29, 1.82) is 0 Å². The second-order valence-electron chi connectivity index (χ2n) is 4.60. The fourth-order valence-electron chi connectivity index (χ4n) is 1.76. The maximum atomic E-state index is 12.3. The molecule has 23 heavy (non-hydrogen) atoms. The number of esters is 2. The molecule has 0 aliphatic carbocycles. The number of carbonyl (C=O) groups excluding carboxylic acids is 2. The Hall–Kier alpha value is -2.77. The molecule has 0 aromatic heterocycles. The molecule has 2 aromatic rings. The molecule has 0 saturated heterocycles. The van der Waals surface area contributed by atoms with E-state index >= 15 is 0 Å². The summed E-state index contributed by atoms with van der Waals surface area (Å²) < 4.78 is 10.3. The van der Waals surface area contributed by atoms with Crippen molar-refractivity contribution < 1.29 is 19.1 Å². The van der Waals surface area contributed by atoms with Gasteiger partial charge in [0.25, 0.3) is 0 Å². The Morgan fingerprint density at radius 1 is 1.04 bits per heavy atom. The molecule has 0 aliphatic rings. The van der Waals surface area contributed by atoms with E-state index in [0.29, 0.717) is 10.8 Å². The Kier molecular flexibility index (Phi) is 5.40. The lowest BCUT2D eigenvalue weighted by Gasteiger charge is -2.11. The Morgan fingerprint density at radius 2 is 1.61 bits per heavy atom. The average Bonchev–Trinajstić information content (AvgIpc) is 2.56. The zero-order chi connectivity index (χ0) is 16.8. The first-order valence-corrected chi connectivity index (χ1v) is 7.13. The molecule has 2 aromatic carbocycles. The van der Waals surface area contributed by atoms with Gasteiger partial charge in [-0.2, -0.15) is 0 Å². The van der Waals surface area contributed by atoms with Crippen LogP contribution in [0.3, 0.4) is 0 Å². The average molecular weight is 329 g/mol. The largest absolute Gasteiger partial charge is 0.446 e. The maximum absolute atomic E-state index is 12.3. The fourth-order valence-corrected chi connectivity index (χ4v) is 1.89. The molecule has 1 atom stereocenters. The number of hydrogen-bond acceptors (Lipinski definition) is 4. The highest BCUT2D eigenvalue weighted by atomic mass is 35.5. The van der Waals surface area contributed by atoms with Crippen molar-refractivity contribution in [1.82, 2.24) is 0 Å². The van der Waals surface area contributed by atoms with Gasteiger partial charge in [-0.05, 0) is 43.3 Å². The first kappa shape index (κ1) is 16.6. The van der Waals surface area contributed by atoms with Gasteiger partial charge in [0.2, 0.25) is 0 Å². The van der Waals surface area contributed by atoms with E-state index in [9.17, 15) is 9.59 Å². The van der Waals surface area contributed by atoms with Crippen LogP contribution in [-0.2, 0) is 4.74 Å². The van der Waals surface area contributed by atoms with Gasteiger partial charge in [-0.25, -0.2) is 9.59 Å². The maximum Gasteiger partial charge on any atom is 0.344 e. The zero-order valence-electron chi connectivity index (χ0n) is 12.3. The molecule has 0 aliphatic heterocycles. The van der Waals surface area contributed by atoms with Crippen LogP contribution in [-0.4, -0.2) is 18.0 Å². The van der Waals surface area contributed by atoms with Crippen molar-refractivity contribution in [3.8, 4) is 18.1 Å². The van der Waals surface area contributed by atoms with Crippen LogP contribution in [0.4, 0.5) is 0 Å². The van der Waals surface area contributed by atoms with Crippen molar-refractivity contribution in [3.63, 3.8) is 0 Å². The molecule has 0 bridgehead atoms. The topological polar surface area (TPSA) is 52.6 Å². The van der Waals surface area contributed by atoms with Gasteiger partial charge in [0.1, 0.15) is 5.75 Å². The highest BCUT2D eigenvalue weighted by molar-refractivity contribution is 6.30. The lowest BCUT2D eigenvalue weighted by atomic mass is 10.1.